The van der Waals surface area contributed by atoms with Gasteiger partial charge in [-0.1, -0.05) is 6.07 Å². The molecule has 0 aliphatic rings. The van der Waals surface area contributed by atoms with E-state index in [1.165, 1.54) is 0 Å². The van der Waals surface area contributed by atoms with Crippen LogP contribution in [0.5, 0.6) is 0 Å². The second kappa shape index (κ2) is 4.97. The molecule has 0 aromatic carbocycles. The highest BCUT2D eigenvalue weighted by molar-refractivity contribution is 6.17. The number of hydrogen-bond acceptors (Lipinski definition) is 2. The fourth-order valence-corrected chi connectivity index (χ4v) is 0.884. The van der Waals surface area contributed by atoms with Crippen LogP contribution in [0.2, 0.25) is 0 Å². The Morgan fingerprint density at radius 2 is 2.36 bits per heavy atom. The van der Waals surface area contributed by atoms with Gasteiger partial charge in [-0.25, -0.2) is 4.98 Å². The van der Waals surface area contributed by atoms with Gasteiger partial charge in [-0.15, -0.1) is 11.6 Å². The van der Waals surface area contributed by atoms with Gasteiger partial charge in [0.15, 0.2) is 0 Å². The van der Waals surface area contributed by atoms with Crippen LogP contribution in [-0.4, -0.2) is 17.4 Å². The molecule has 0 atom stereocenters. The standard InChI is InChI=1S/C8H11ClN2/c9-5-3-7-11-8-4-1-2-6-10-8/h1-2,4,6H,3,5,7H2,(H,10,11). The Balaban J connectivity index is 2.28. The van der Waals surface area contributed by atoms with Crippen molar-refractivity contribution in [3.05, 3.63) is 24.4 Å². The third kappa shape index (κ3) is 3.23. The molecule has 0 bridgehead atoms. The summed E-state index contributed by atoms with van der Waals surface area (Å²) in [4.78, 5) is 4.10. The minimum absolute atomic E-state index is 0.694. The van der Waals surface area contributed by atoms with Crippen LogP contribution in [0.15, 0.2) is 24.4 Å². The fraction of sp³-hybridized carbons (Fsp3) is 0.375. The van der Waals surface area contributed by atoms with Crippen molar-refractivity contribution in [3.63, 3.8) is 0 Å². The van der Waals surface area contributed by atoms with Crippen molar-refractivity contribution in [1.82, 2.24) is 4.98 Å². The van der Waals surface area contributed by atoms with Crippen molar-refractivity contribution in [3.8, 4) is 0 Å². The topological polar surface area (TPSA) is 24.9 Å². The summed E-state index contributed by atoms with van der Waals surface area (Å²) in [6, 6.07) is 5.79. The lowest BCUT2D eigenvalue weighted by atomic mass is 10.4. The van der Waals surface area contributed by atoms with E-state index in [0.717, 1.165) is 18.8 Å². The first kappa shape index (κ1) is 8.34. The highest BCUT2D eigenvalue weighted by atomic mass is 35.5. The molecule has 0 radical (unpaired) electrons. The smallest absolute Gasteiger partial charge is 0.125 e. The highest BCUT2D eigenvalue weighted by Gasteiger charge is 1.88. The van der Waals surface area contributed by atoms with Gasteiger partial charge in [-0.3, -0.25) is 0 Å². The predicted octanol–water partition coefficient (Wildman–Crippen LogP) is 2.12. The second-order valence-electron chi connectivity index (χ2n) is 2.18. The lowest BCUT2D eigenvalue weighted by molar-refractivity contribution is 0.976. The van der Waals surface area contributed by atoms with Gasteiger partial charge in [0.25, 0.3) is 0 Å². The quantitative estimate of drug-likeness (QED) is 0.553. The number of hydrogen-bond donors (Lipinski definition) is 1. The Bertz CT molecular complexity index is 189. The van der Waals surface area contributed by atoms with Gasteiger partial charge >= 0.3 is 0 Å². The predicted molar refractivity (Wildman–Crippen MR) is 48.1 cm³/mol. The molecule has 2 nitrogen and oxygen atoms in total. The zero-order chi connectivity index (χ0) is 7.94. The summed E-state index contributed by atoms with van der Waals surface area (Å²) in [6.45, 7) is 0.889. The molecule has 0 aliphatic carbocycles. The van der Waals surface area contributed by atoms with Crippen LogP contribution >= 0.6 is 11.6 Å². The summed E-state index contributed by atoms with van der Waals surface area (Å²) in [5.74, 6) is 1.61. The second-order valence-corrected chi connectivity index (χ2v) is 2.56. The van der Waals surface area contributed by atoms with E-state index in [4.69, 9.17) is 11.6 Å². The largest absolute Gasteiger partial charge is 0.370 e. The Labute approximate surface area is 71.6 Å². The number of pyridine rings is 1. The van der Waals surface area contributed by atoms with Crippen molar-refractivity contribution in [2.75, 3.05) is 17.7 Å². The molecule has 3 heteroatoms. The van der Waals surface area contributed by atoms with Crippen LogP contribution in [0.1, 0.15) is 6.42 Å². The molecule has 0 amide bonds. The van der Waals surface area contributed by atoms with Crippen LogP contribution < -0.4 is 5.32 Å². The summed E-state index contributed by atoms with van der Waals surface area (Å²) in [7, 11) is 0. The molecule has 0 aliphatic heterocycles. The van der Waals surface area contributed by atoms with E-state index in [9.17, 15) is 0 Å². The Morgan fingerprint density at radius 3 is 3.00 bits per heavy atom. The molecular weight excluding hydrogens is 160 g/mol. The number of halogens is 1. The molecule has 0 saturated heterocycles. The number of aromatic nitrogens is 1. The summed E-state index contributed by atoms with van der Waals surface area (Å²) >= 11 is 5.51. The van der Waals surface area contributed by atoms with Crippen LogP contribution in [0.3, 0.4) is 0 Å². The minimum Gasteiger partial charge on any atom is -0.370 e. The Hall–Kier alpha value is -0.760. The van der Waals surface area contributed by atoms with Gasteiger partial charge in [-0.05, 0) is 18.6 Å². The summed E-state index contributed by atoms with van der Waals surface area (Å²) < 4.78 is 0. The first-order valence-electron chi connectivity index (χ1n) is 3.64. The molecule has 1 rings (SSSR count). The fourth-order valence-electron chi connectivity index (χ4n) is 0.751. The zero-order valence-corrected chi connectivity index (χ0v) is 7.01. The molecule has 0 saturated carbocycles. The maximum atomic E-state index is 5.51. The van der Waals surface area contributed by atoms with E-state index >= 15 is 0 Å². The average Bonchev–Trinajstić information content (AvgIpc) is 2.07. The van der Waals surface area contributed by atoms with Crippen molar-refractivity contribution in [2.45, 2.75) is 6.42 Å². The van der Waals surface area contributed by atoms with E-state index < -0.39 is 0 Å². The van der Waals surface area contributed by atoms with E-state index in [1.54, 1.807) is 6.20 Å². The maximum absolute atomic E-state index is 5.51. The molecule has 1 heterocycles. The summed E-state index contributed by atoms with van der Waals surface area (Å²) in [6.07, 6.45) is 2.74. The number of nitrogens with one attached hydrogen (secondary N) is 1. The lowest BCUT2D eigenvalue weighted by Crippen LogP contribution is -2.02. The first-order chi connectivity index (χ1) is 5.43. The van der Waals surface area contributed by atoms with Crippen LogP contribution in [0.25, 0.3) is 0 Å². The SMILES string of the molecule is ClCCCNc1ccccn1. The minimum atomic E-state index is 0.694. The van der Waals surface area contributed by atoms with Crippen LogP contribution in [-0.2, 0) is 0 Å². The number of anilines is 1. The Morgan fingerprint density at radius 1 is 1.45 bits per heavy atom. The maximum Gasteiger partial charge on any atom is 0.125 e. The molecule has 0 spiro atoms. The molecule has 0 fully saturated rings. The van der Waals surface area contributed by atoms with Crippen molar-refractivity contribution >= 4 is 17.4 Å². The molecule has 60 valence electrons. The molecular formula is C8H11ClN2. The van der Waals surface area contributed by atoms with Crippen LogP contribution in [0.4, 0.5) is 5.82 Å². The average molecular weight is 171 g/mol. The van der Waals surface area contributed by atoms with E-state index in [0.29, 0.717) is 5.88 Å². The summed E-state index contributed by atoms with van der Waals surface area (Å²) in [5, 5.41) is 3.15. The van der Waals surface area contributed by atoms with Gasteiger partial charge < -0.3 is 5.32 Å². The lowest BCUT2D eigenvalue weighted by Gasteiger charge is -2.01. The van der Waals surface area contributed by atoms with E-state index in [2.05, 4.69) is 10.3 Å². The zero-order valence-electron chi connectivity index (χ0n) is 6.26. The van der Waals surface area contributed by atoms with Gasteiger partial charge in [0.2, 0.25) is 0 Å². The van der Waals surface area contributed by atoms with Crippen molar-refractivity contribution in [1.29, 1.82) is 0 Å². The van der Waals surface area contributed by atoms with Gasteiger partial charge in [0, 0.05) is 18.6 Å². The normalized spacial score (nSPS) is 9.55. The van der Waals surface area contributed by atoms with Gasteiger partial charge in [-0.2, -0.15) is 0 Å². The number of nitrogens with zero attached hydrogens (tertiary/aromatic N) is 1. The highest BCUT2D eigenvalue weighted by Crippen LogP contribution is 1.99. The molecule has 1 aromatic rings. The molecule has 11 heavy (non-hydrogen) atoms. The monoisotopic (exact) mass is 170 g/mol. The van der Waals surface area contributed by atoms with Gasteiger partial charge in [0.1, 0.15) is 5.82 Å². The Kier molecular flexibility index (Phi) is 3.76. The van der Waals surface area contributed by atoms with Crippen molar-refractivity contribution < 1.29 is 0 Å². The van der Waals surface area contributed by atoms with E-state index in [-0.39, 0.29) is 0 Å². The third-order valence-corrected chi connectivity index (χ3v) is 1.55. The van der Waals surface area contributed by atoms with Crippen molar-refractivity contribution in [2.24, 2.45) is 0 Å². The molecule has 1 aromatic heterocycles. The molecule has 1 N–H and O–H groups in total. The van der Waals surface area contributed by atoms with E-state index in [1.807, 2.05) is 18.2 Å². The summed E-state index contributed by atoms with van der Waals surface area (Å²) in [5.41, 5.74) is 0. The third-order valence-electron chi connectivity index (χ3n) is 1.28. The molecule has 0 unspecified atom stereocenters. The van der Waals surface area contributed by atoms with Crippen LogP contribution in [0, 0.1) is 0 Å². The van der Waals surface area contributed by atoms with Gasteiger partial charge in [0.05, 0.1) is 0 Å². The number of alkyl halides is 1. The first-order valence-corrected chi connectivity index (χ1v) is 4.18. The number of rotatable bonds is 4.